The van der Waals surface area contributed by atoms with Gasteiger partial charge in [0.05, 0.1) is 31.5 Å². The minimum absolute atomic E-state index is 0.0226. The lowest BCUT2D eigenvalue weighted by molar-refractivity contribution is -0.253. The molecule has 0 aliphatic carbocycles. The van der Waals surface area contributed by atoms with Gasteiger partial charge in [-0.25, -0.2) is 9.59 Å². The summed E-state index contributed by atoms with van der Waals surface area (Å²) in [6, 6.07) is 39.6. The van der Waals surface area contributed by atoms with Crippen LogP contribution in [0.1, 0.15) is 65.0 Å². The van der Waals surface area contributed by atoms with Crippen molar-refractivity contribution in [3.63, 3.8) is 0 Å². The zero-order valence-electron chi connectivity index (χ0n) is 32.6. The van der Waals surface area contributed by atoms with Crippen molar-refractivity contribution in [3.8, 4) is 11.1 Å². The van der Waals surface area contributed by atoms with E-state index < -0.39 is 29.9 Å². The van der Waals surface area contributed by atoms with Crippen molar-refractivity contribution >= 4 is 23.6 Å². The summed E-state index contributed by atoms with van der Waals surface area (Å²) in [7, 11) is 1.31. The molecule has 0 saturated carbocycles. The Morgan fingerprint density at radius 1 is 0.828 bits per heavy atom. The van der Waals surface area contributed by atoms with E-state index in [1.165, 1.54) is 7.11 Å². The molecule has 5 aromatic rings. The summed E-state index contributed by atoms with van der Waals surface area (Å²) in [6.07, 6.45) is 1.28. The molecule has 0 radical (unpaired) electrons. The molecule has 0 aromatic heterocycles. The van der Waals surface area contributed by atoms with Crippen molar-refractivity contribution in [2.24, 2.45) is 0 Å². The van der Waals surface area contributed by atoms with E-state index in [0.717, 1.165) is 57.6 Å². The Morgan fingerprint density at radius 3 is 2.21 bits per heavy atom. The van der Waals surface area contributed by atoms with Crippen LogP contribution < -0.4 is 10.6 Å². The number of esters is 1. The number of rotatable bonds is 13. The number of nitrogens with zero attached hydrogens (tertiary/aromatic N) is 1. The summed E-state index contributed by atoms with van der Waals surface area (Å²) >= 11 is 6.11. The van der Waals surface area contributed by atoms with Gasteiger partial charge < -0.3 is 40.0 Å². The van der Waals surface area contributed by atoms with Gasteiger partial charge in [-0.15, -0.1) is 0 Å². The monoisotopic (exact) mass is 803 g/mol. The van der Waals surface area contributed by atoms with Crippen molar-refractivity contribution in [1.29, 1.82) is 0 Å². The molecule has 2 amide bonds. The van der Waals surface area contributed by atoms with Gasteiger partial charge in [0, 0.05) is 49.6 Å². The number of amides is 2. The Kier molecular flexibility index (Phi) is 13.6. The Bertz CT molecular complexity index is 2110. The van der Waals surface area contributed by atoms with Crippen LogP contribution in [0.2, 0.25) is 5.02 Å². The third-order valence-corrected chi connectivity index (χ3v) is 11.4. The lowest BCUT2D eigenvalue weighted by atomic mass is 9.84. The fourth-order valence-electron chi connectivity index (χ4n) is 7.75. The number of aliphatic hydroxyl groups excluding tert-OH is 1. The molecule has 10 nitrogen and oxygen atoms in total. The molecule has 5 aromatic carbocycles. The van der Waals surface area contributed by atoms with Crippen molar-refractivity contribution < 1.29 is 34.0 Å². The van der Waals surface area contributed by atoms with Gasteiger partial charge in [0.15, 0.2) is 6.29 Å². The predicted molar refractivity (Wildman–Crippen MR) is 223 cm³/mol. The molecule has 4 N–H and O–H groups in total. The van der Waals surface area contributed by atoms with Crippen LogP contribution >= 0.6 is 11.6 Å². The molecule has 2 heterocycles. The highest BCUT2D eigenvalue weighted by Crippen LogP contribution is 2.40. The first-order valence-electron chi connectivity index (χ1n) is 19.7. The van der Waals surface area contributed by atoms with E-state index in [0.29, 0.717) is 37.3 Å². The average Bonchev–Trinajstić information content (AvgIpc) is 3.26. The summed E-state index contributed by atoms with van der Waals surface area (Å²) in [5.74, 6) is -0.511. The van der Waals surface area contributed by atoms with Crippen molar-refractivity contribution in [2.75, 3.05) is 26.7 Å². The highest BCUT2D eigenvalue weighted by Gasteiger charge is 2.37. The van der Waals surface area contributed by atoms with Gasteiger partial charge in [0.1, 0.15) is 6.04 Å². The maximum Gasteiger partial charge on any atom is 0.328 e. The van der Waals surface area contributed by atoms with Gasteiger partial charge in [0.25, 0.3) is 0 Å². The first kappa shape index (κ1) is 41.1. The van der Waals surface area contributed by atoms with E-state index in [1.807, 2.05) is 127 Å². The number of hydrogen-bond donors (Lipinski definition) is 4. The predicted octanol–water partition coefficient (Wildman–Crippen LogP) is 7.61. The van der Waals surface area contributed by atoms with Crippen LogP contribution in [0.25, 0.3) is 11.1 Å². The molecule has 0 bridgehead atoms. The lowest BCUT2D eigenvalue weighted by Gasteiger charge is -2.42. The van der Waals surface area contributed by atoms with E-state index >= 15 is 0 Å². The number of likely N-dealkylation sites (tertiary alicyclic amines) is 1. The second kappa shape index (κ2) is 19.1. The molecular weight excluding hydrogens is 754 g/mol. The van der Waals surface area contributed by atoms with Crippen LogP contribution in [0.15, 0.2) is 127 Å². The maximum atomic E-state index is 12.9. The number of carbonyl (C=O) groups excluding carboxylic acids is 2. The number of hydrogen-bond acceptors (Lipinski definition) is 8. The number of urea groups is 1. The Morgan fingerprint density at radius 2 is 1.52 bits per heavy atom. The number of piperidine rings is 1. The van der Waals surface area contributed by atoms with Crippen LogP contribution in [0, 0.1) is 0 Å². The number of halogens is 1. The van der Waals surface area contributed by atoms with Crippen LogP contribution in [0.4, 0.5) is 4.79 Å². The molecule has 11 heteroatoms. The van der Waals surface area contributed by atoms with Crippen LogP contribution in [-0.2, 0) is 44.2 Å². The molecule has 2 aliphatic heterocycles. The zero-order valence-corrected chi connectivity index (χ0v) is 33.3. The molecule has 7 rings (SSSR count). The number of benzene rings is 5. The molecule has 0 spiro atoms. The van der Waals surface area contributed by atoms with Gasteiger partial charge in [-0.2, -0.15) is 0 Å². The summed E-state index contributed by atoms with van der Waals surface area (Å²) < 4.78 is 18.2. The smallest absolute Gasteiger partial charge is 0.328 e. The third kappa shape index (κ3) is 10.5. The van der Waals surface area contributed by atoms with E-state index in [9.17, 15) is 19.8 Å². The minimum Gasteiger partial charge on any atom is -0.467 e. The van der Waals surface area contributed by atoms with Gasteiger partial charge in [0.2, 0.25) is 0 Å². The third-order valence-electron chi connectivity index (χ3n) is 11.1. The normalized spacial score (nSPS) is 19.8. The first-order valence-corrected chi connectivity index (χ1v) is 20.1. The number of methoxy groups -OCH3 is 1. The molecule has 2 fully saturated rings. The van der Waals surface area contributed by atoms with Crippen molar-refractivity contribution in [2.45, 2.75) is 69.0 Å². The first-order chi connectivity index (χ1) is 28.2. The van der Waals surface area contributed by atoms with Gasteiger partial charge >= 0.3 is 12.0 Å². The van der Waals surface area contributed by atoms with E-state index in [2.05, 4.69) is 15.5 Å². The van der Waals surface area contributed by atoms with E-state index in [1.54, 1.807) is 0 Å². The Labute approximate surface area is 344 Å². The summed E-state index contributed by atoms with van der Waals surface area (Å²) in [4.78, 5) is 27.6. The SMILES string of the molecule is COC(=O)C(Cc1ccccc1)NC(=O)NCc1cccc(-c2ccc(C3OC(CN4CCC(O)(c5ccc(Cl)cc5)CC4)CC(c4ccc(CO)cc4)O3)cc2)c1. The molecule has 302 valence electrons. The topological polar surface area (TPSA) is 130 Å². The number of ether oxygens (including phenoxy) is 3. The quantitative estimate of drug-likeness (QED) is 0.0896. The average molecular weight is 804 g/mol. The fraction of sp³-hybridized carbons (Fsp3) is 0.319. The molecule has 4 unspecified atom stereocenters. The standard InChI is InChI=1S/C47H50ClN3O7/c1-56-44(53)42(27-32-6-3-2-4-7-32)50-46(54)49-29-34-8-5-9-38(26-34)35-14-16-37(17-15-35)45-57-41(28-43(58-45)36-12-10-33(31-52)11-13-36)30-51-24-22-47(55,23-25-51)39-18-20-40(48)21-19-39/h2-21,26,41-43,45,52,55H,22-25,27-31H2,1H3,(H2,49,50,54). The molecular formula is C47H50ClN3O7. The van der Waals surface area contributed by atoms with Gasteiger partial charge in [-0.05, 0) is 70.0 Å². The number of nitrogens with one attached hydrogen (secondary N) is 2. The largest absolute Gasteiger partial charge is 0.467 e. The Balaban J connectivity index is 0.994. The minimum atomic E-state index is -0.887. The van der Waals surface area contributed by atoms with E-state index in [-0.39, 0.29) is 25.4 Å². The van der Waals surface area contributed by atoms with Gasteiger partial charge in [-0.3, -0.25) is 0 Å². The molecule has 58 heavy (non-hydrogen) atoms. The highest BCUT2D eigenvalue weighted by atomic mass is 35.5. The number of carbonyl (C=O) groups is 2. The fourth-order valence-corrected chi connectivity index (χ4v) is 7.87. The molecule has 2 saturated heterocycles. The second-order valence-corrected chi connectivity index (χ2v) is 15.5. The van der Waals surface area contributed by atoms with Crippen LogP contribution in [-0.4, -0.2) is 66.0 Å². The second-order valence-electron chi connectivity index (χ2n) is 15.1. The number of aliphatic hydroxyl groups is 2. The van der Waals surface area contributed by atoms with E-state index in [4.69, 9.17) is 25.8 Å². The lowest BCUT2D eigenvalue weighted by Crippen LogP contribution is -2.47. The molecule has 4 atom stereocenters. The highest BCUT2D eigenvalue weighted by molar-refractivity contribution is 6.30. The van der Waals surface area contributed by atoms with Crippen molar-refractivity contribution in [3.05, 3.63) is 166 Å². The summed E-state index contributed by atoms with van der Waals surface area (Å²) in [5, 5.41) is 27.4. The van der Waals surface area contributed by atoms with Crippen LogP contribution in [0.3, 0.4) is 0 Å². The summed E-state index contributed by atoms with van der Waals surface area (Å²) in [5.41, 5.74) is 6.56. The van der Waals surface area contributed by atoms with Crippen LogP contribution in [0.5, 0.6) is 0 Å². The molecule has 2 aliphatic rings. The van der Waals surface area contributed by atoms with Gasteiger partial charge in [-0.1, -0.05) is 121 Å². The Hall–Kier alpha value is -5.07. The summed E-state index contributed by atoms with van der Waals surface area (Å²) in [6.45, 7) is 2.41. The maximum absolute atomic E-state index is 12.9. The zero-order chi connectivity index (χ0) is 40.5. The van der Waals surface area contributed by atoms with Crippen molar-refractivity contribution in [1.82, 2.24) is 15.5 Å².